The molecule has 2 rings (SSSR count). The Morgan fingerprint density at radius 3 is 2.15 bits per heavy atom. The highest BCUT2D eigenvalue weighted by atomic mass is 16.5. The number of hydrogen-bond donors (Lipinski definition) is 1. The van der Waals surface area contributed by atoms with E-state index in [0.717, 1.165) is 16.9 Å². The zero-order valence-electron chi connectivity index (χ0n) is 12.1. The maximum absolute atomic E-state index is 9.72. The van der Waals surface area contributed by atoms with Crippen LogP contribution in [0.4, 0.5) is 0 Å². The van der Waals surface area contributed by atoms with Gasteiger partial charge in [-0.15, -0.1) is 0 Å². The van der Waals surface area contributed by atoms with Crippen LogP contribution >= 0.6 is 0 Å². The lowest BCUT2D eigenvalue weighted by atomic mass is 10.2. The first kappa shape index (κ1) is 14.1. The SMILES string of the molecule is COc1ccc(C)c(Oc2cc(OC)c(O)cc2C)c1. The molecule has 0 unspecified atom stereocenters. The number of aryl methyl sites for hydroxylation is 2. The maximum atomic E-state index is 9.72. The van der Waals surface area contributed by atoms with Crippen LogP contribution in [0.25, 0.3) is 0 Å². The van der Waals surface area contributed by atoms with E-state index in [1.165, 1.54) is 7.11 Å². The highest BCUT2D eigenvalue weighted by Gasteiger charge is 2.10. The lowest BCUT2D eigenvalue weighted by molar-refractivity contribution is 0.368. The molecule has 0 aliphatic heterocycles. The quantitative estimate of drug-likeness (QED) is 0.920. The fraction of sp³-hybridized carbons (Fsp3) is 0.250. The molecular formula is C16H18O4. The van der Waals surface area contributed by atoms with Crippen molar-refractivity contribution in [1.82, 2.24) is 0 Å². The van der Waals surface area contributed by atoms with E-state index in [9.17, 15) is 5.11 Å². The third kappa shape index (κ3) is 2.79. The number of ether oxygens (including phenoxy) is 3. The van der Waals surface area contributed by atoms with E-state index in [1.54, 1.807) is 19.2 Å². The van der Waals surface area contributed by atoms with E-state index >= 15 is 0 Å². The van der Waals surface area contributed by atoms with Gasteiger partial charge in [0.25, 0.3) is 0 Å². The summed E-state index contributed by atoms with van der Waals surface area (Å²) < 4.78 is 16.2. The Hall–Kier alpha value is -2.36. The van der Waals surface area contributed by atoms with Gasteiger partial charge < -0.3 is 19.3 Å². The molecule has 2 aromatic rings. The first-order valence-electron chi connectivity index (χ1n) is 6.25. The summed E-state index contributed by atoms with van der Waals surface area (Å²) in [4.78, 5) is 0. The molecule has 0 fully saturated rings. The molecule has 0 heterocycles. The van der Waals surface area contributed by atoms with Crippen LogP contribution in [0, 0.1) is 13.8 Å². The van der Waals surface area contributed by atoms with Crippen LogP contribution in [0.2, 0.25) is 0 Å². The molecule has 0 saturated heterocycles. The Morgan fingerprint density at radius 1 is 0.800 bits per heavy atom. The smallest absolute Gasteiger partial charge is 0.164 e. The average molecular weight is 274 g/mol. The molecule has 0 bridgehead atoms. The molecule has 20 heavy (non-hydrogen) atoms. The lowest BCUT2D eigenvalue weighted by Gasteiger charge is -2.14. The summed E-state index contributed by atoms with van der Waals surface area (Å²) in [5.41, 5.74) is 1.82. The molecule has 4 heteroatoms. The predicted octanol–water partition coefficient (Wildman–Crippen LogP) is 3.82. The molecule has 0 aromatic heterocycles. The van der Waals surface area contributed by atoms with Crippen LogP contribution in [-0.2, 0) is 0 Å². The van der Waals surface area contributed by atoms with Gasteiger partial charge in [-0.3, -0.25) is 0 Å². The van der Waals surface area contributed by atoms with Crippen LogP contribution in [0.5, 0.6) is 28.7 Å². The van der Waals surface area contributed by atoms with E-state index in [4.69, 9.17) is 14.2 Å². The van der Waals surface area contributed by atoms with Gasteiger partial charge >= 0.3 is 0 Å². The van der Waals surface area contributed by atoms with Gasteiger partial charge in [0.05, 0.1) is 14.2 Å². The van der Waals surface area contributed by atoms with Crippen molar-refractivity contribution in [3.8, 4) is 28.7 Å². The van der Waals surface area contributed by atoms with Crippen LogP contribution in [0.3, 0.4) is 0 Å². The van der Waals surface area contributed by atoms with Crippen LogP contribution < -0.4 is 14.2 Å². The normalized spacial score (nSPS) is 10.2. The Kier molecular flexibility index (Phi) is 4.03. The van der Waals surface area contributed by atoms with Crippen molar-refractivity contribution >= 4 is 0 Å². The first-order valence-corrected chi connectivity index (χ1v) is 6.25. The Morgan fingerprint density at radius 2 is 1.50 bits per heavy atom. The van der Waals surface area contributed by atoms with Gasteiger partial charge in [-0.05, 0) is 37.1 Å². The van der Waals surface area contributed by atoms with Crippen molar-refractivity contribution in [2.45, 2.75) is 13.8 Å². The van der Waals surface area contributed by atoms with Crippen molar-refractivity contribution in [2.24, 2.45) is 0 Å². The summed E-state index contributed by atoms with van der Waals surface area (Å²) >= 11 is 0. The monoisotopic (exact) mass is 274 g/mol. The molecule has 0 spiro atoms. The summed E-state index contributed by atoms with van der Waals surface area (Å²) in [6.07, 6.45) is 0. The van der Waals surface area contributed by atoms with Crippen molar-refractivity contribution in [2.75, 3.05) is 14.2 Å². The van der Waals surface area contributed by atoms with Gasteiger partial charge in [-0.1, -0.05) is 6.07 Å². The number of rotatable bonds is 4. The van der Waals surface area contributed by atoms with E-state index < -0.39 is 0 Å². The minimum absolute atomic E-state index is 0.0970. The van der Waals surface area contributed by atoms with Gasteiger partial charge in [-0.2, -0.15) is 0 Å². The number of benzene rings is 2. The molecule has 0 atom stereocenters. The van der Waals surface area contributed by atoms with Crippen molar-refractivity contribution < 1.29 is 19.3 Å². The molecule has 0 amide bonds. The standard InChI is InChI=1S/C16H18O4/c1-10-5-6-12(18-3)8-14(10)20-15-9-16(19-4)13(17)7-11(15)2/h5-9,17H,1-4H3. The Balaban J connectivity index is 2.39. The molecule has 106 valence electrons. The van der Waals surface area contributed by atoms with Crippen LogP contribution in [0.15, 0.2) is 30.3 Å². The molecule has 0 aliphatic carbocycles. The van der Waals surface area contributed by atoms with Gasteiger partial charge in [0.15, 0.2) is 11.5 Å². The zero-order chi connectivity index (χ0) is 14.7. The van der Waals surface area contributed by atoms with Crippen molar-refractivity contribution in [3.63, 3.8) is 0 Å². The van der Waals surface area contributed by atoms with Crippen molar-refractivity contribution in [3.05, 3.63) is 41.5 Å². The molecule has 0 saturated carbocycles. The van der Waals surface area contributed by atoms with E-state index in [2.05, 4.69) is 0 Å². The maximum Gasteiger partial charge on any atom is 0.164 e. The molecule has 2 aromatic carbocycles. The summed E-state index contributed by atoms with van der Waals surface area (Å²) in [5, 5.41) is 9.72. The second-order valence-corrected chi connectivity index (χ2v) is 4.52. The second kappa shape index (κ2) is 5.74. The molecule has 0 radical (unpaired) electrons. The lowest BCUT2D eigenvalue weighted by Crippen LogP contribution is -1.93. The summed E-state index contributed by atoms with van der Waals surface area (Å²) in [5.74, 6) is 2.55. The van der Waals surface area contributed by atoms with Crippen LogP contribution in [-0.4, -0.2) is 19.3 Å². The minimum atomic E-state index is 0.0970. The fourth-order valence-electron chi connectivity index (χ4n) is 1.86. The zero-order valence-corrected chi connectivity index (χ0v) is 12.1. The topological polar surface area (TPSA) is 47.9 Å². The highest BCUT2D eigenvalue weighted by molar-refractivity contribution is 5.51. The summed E-state index contributed by atoms with van der Waals surface area (Å²) in [7, 11) is 3.12. The third-order valence-corrected chi connectivity index (χ3v) is 3.09. The van der Waals surface area contributed by atoms with Gasteiger partial charge in [-0.25, -0.2) is 0 Å². The van der Waals surface area contributed by atoms with Crippen LogP contribution in [0.1, 0.15) is 11.1 Å². The van der Waals surface area contributed by atoms with Gasteiger partial charge in [0, 0.05) is 12.1 Å². The predicted molar refractivity (Wildman–Crippen MR) is 77.2 cm³/mol. The van der Waals surface area contributed by atoms with E-state index in [0.29, 0.717) is 17.2 Å². The Bertz CT molecular complexity index is 620. The average Bonchev–Trinajstić information content (AvgIpc) is 2.44. The molecule has 1 N–H and O–H groups in total. The number of hydrogen-bond acceptors (Lipinski definition) is 4. The molecule has 4 nitrogen and oxygen atoms in total. The second-order valence-electron chi connectivity index (χ2n) is 4.52. The summed E-state index contributed by atoms with van der Waals surface area (Å²) in [6.45, 7) is 3.83. The van der Waals surface area contributed by atoms with Crippen molar-refractivity contribution in [1.29, 1.82) is 0 Å². The Labute approximate surface area is 118 Å². The third-order valence-electron chi connectivity index (χ3n) is 3.09. The molecule has 0 aliphatic rings. The van der Waals surface area contributed by atoms with Gasteiger partial charge in [0.2, 0.25) is 0 Å². The minimum Gasteiger partial charge on any atom is -0.504 e. The summed E-state index contributed by atoms with van der Waals surface area (Å²) in [6, 6.07) is 8.93. The molecular weight excluding hydrogens is 256 g/mol. The number of aromatic hydroxyl groups is 1. The first-order chi connectivity index (χ1) is 9.55. The number of phenolic OH excluding ortho intramolecular Hbond substituents is 1. The fourth-order valence-corrected chi connectivity index (χ4v) is 1.86. The van der Waals surface area contributed by atoms with E-state index in [1.807, 2.05) is 32.0 Å². The highest BCUT2D eigenvalue weighted by Crippen LogP contribution is 2.37. The largest absolute Gasteiger partial charge is 0.504 e. The number of phenols is 1. The van der Waals surface area contributed by atoms with Gasteiger partial charge in [0.1, 0.15) is 17.2 Å². The van der Waals surface area contributed by atoms with E-state index in [-0.39, 0.29) is 5.75 Å². The number of methoxy groups -OCH3 is 2.